The van der Waals surface area contributed by atoms with Crippen molar-refractivity contribution in [3.63, 3.8) is 0 Å². The van der Waals surface area contributed by atoms with Crippen molar-refractivity contribution in [2.45, 2.75) is 24.9 Å². The number of amides is 2. The van der Waals surface area contributed by atoms with Gasteiger partial charge in [0.1, 0.15) is 17.5 Å². The molecule has 180 valence electrons. The molecule has 35 heavy (non-hydrogen) atoms. The van der Waals surface area contributed by atoms with Gasteiger partial charge >= 0.3 is 0 Å². The number of carbonyl (C=O) groups is 3. The molecule has 1 aliphatic carbocycles. The fourth-order valence-electron chi connectivity index (χ4n) is 4.80. The molecule has 0 spiro atoms. The lowest BCUT2D eigenvalue weighted by Gasteiger charge is -2.44. The molecule has 3 aromatic rings. The number of nitrogens with one attached hydrogen (secondary N) is 2. The molecule has 1 saturated carbocycles. The summed E-state index contributed by atoms with van der Waals surface area (Å²) in [7, 11) is 1.54. The first-order valence-corrected chi connectivity index (χ1v) is 11.4. The third-order valence-electron chi connectivity index (χ3n) is 6.42. The van der Waals surface area contributed by atoms with E-state index >= 15 is 0 Å². The van der Waals surface area contributed by atoms with Gasteiger partial charge in [-0.3, -0.25) is 14.4 Å². The molecule has 3 N–H and O–H groups in total. The zero-order chi connectivity index (χ0) is 25.0. The molecular weight excluding hydrogens is 444 g/mol. The Morgan fingerprint density at radius 2 is 1.37 bits per heavy atom. The molecule has 0 aromatic heterocycles. The van der Waals surface area contributed by atoms with Crippen LogP contribution in [0, 0.1) is 11.8 Å². The molecular formula is C28H28N2O5. The molecule has 0 saturated heterocycles. The van der Waals surface area contributed by atoms with Crippen LogP contribution >= 0.6 is 0 Å². The summed E-state index contributed by atoms with van der Waals surface area (Å²) < 4.78 is 5.25. The third-order valence-corrected chi connectivity index (χ3v) is 6.42. The van der Waals surface area contributed by atoms with Gasteiger partial charge in [0.25, 0.3) is 0 Å². The van der Waals surface area contributed by atoms with E-state index in [-0.39, 0.29) is 6.42 Å². The van der Waals surface area contributed by atoms with Crippen molar-refractivity contribution in [1.29, 1.82) is 0 Å². The fourth-order valence-corrected chi connectivity index (χ4v) is 4.80. The quantitative estimate of drug-likeness (QED) is 0.470. The average molecular weight is 473 g/mol. The first-order chi connectivity index (χ1) is 16.8. The monoisotopic (exact) mass is 472 g/mol. The standard InChI is InChI=1S/C28H28N2O5/c1-28(34)17-22(31)24(26(32)29-19-9-5-3-6-10-19)23(18-13-15-21(35-2)16-14-18)25(28)27(33)30-20-11-7-4-8-12-20/h3-16,23-25,34H,17H2,1-2H3,(H,29,32)(H,30,33)/t23-,24-,25-,28+/m0/s1. The third kappa shape index (κ3) is 5.25. The Hall–Kier alpha value is -3.97. The van der Waals surface area contributed by atoms with E-state index in [4.69, 9.17) is 4.74 Å². The molecule has 2 amide bonds. The SMILES string of the molecule is COc1ccc([C@H]2[C@@H](C(=O)Nc3ccccc3)C(=O)C[C@@](C)(O)[C@@H]2C(=O)Nc2ccccc2)cc1. The summed E-state index contributed by atoms with van der Waals surface area (Å²) in [5, 5.41) is 17.0. The van der Waals surface area contributed by atoms with Crippen LogP contribution in [0.4, 0.5) is 11.4 Å². The van der Waals surface area contributed by atoms with Gasteiger partial charge in [-0.2, -0.15) is 0 Å². The van der Waals surface area contributed by atoms with Crippen molar-refractivity contribution in [1.82, 2.24) is 0 Å². The van der Waals surface area contributed by atoms with Gasteiger partial charge in [0, 0.05) is 23.7 Å². The van der Waals surface area contributed by atoms with E-state index in [0.29, 0.717) is 22.7 Å². The van der Waals surface area contributed by atoms with E-state index in [1.807, 2.05) is 12.1 Å². The van der Waals surface area contributed by atoms with E-state index in [9.17, 15) is 19.5 Å². The Labute approximate surface area is 204 Å². The van der Waals surface area contributed by atoms with Gasteiger partial charge in [0.2, 0.25) is 11.8 Å². The first kappa shape index (κ1) is 24.2. The summed E-state index contributed by atoms with van der Waals surface area (Å²) in [5.41, 5.74) is 0.0234. The molecule has 7 nitrogen and oxygen atoms in total. The number of para-hydroxylation sites is 2. The number of ketones is 1. The zero-order valence-corrected chi connectivity index (χ0v) is 19.6. The van der Waals surface area contributed by atoms with Crippen LogP contribution in [-0.4, -0.2) is 35.4 Å². The predicted molar refractivity (Wildman–Crippen MR) is 133 cm³/mol. The number of carbonyl (C=O) groups excluding carboxylic acids is 3. The van der Waals surface area contributed by atoms with Crippen LogP contribution in [0.25, 0.3) is 0 Å². The van der Waals surface area contributed by atoms with Crippen molar-refractivity contribution in [2.75, 3.05) is 17.7 Å². The largest absolute Gasteiger partial charge is 0.497 e. The molecule has 4 atom stereocenters. The number of hydrogen-bond donors (Lipinski definition) is 3. The fraction of sp³-hybridized carbons (Fsp3) is 0.250. The predicted octanol–water partition coefficient (Wildman–Crippen LogP) is 4.01. The number of anilines is 2. The van der Waals surface area contributed by atoms with Crippen molar-refractivity contribution in [2.24, 2.45) is 11.8 Å². The van der Waals surface area contributed by atoms with E-state index < -0.39 is 41.0 Å². The lowest BCUT2D eigenvalue weighted by Crippen LogP contribution is -2.56. The molecule has 0 unspecified atom stereocenters. The molecule has 1 aliphatic rings. The van der Waals surface area contributed by atoms with Crippen molar-refractivity contribution in [3.05, 3.63) is 90.5 Å². The van der Waals surface area contributed by atoms with Crippen molar-refractivity contribution in [3.8, 4) is 5.75 Å². The molecule has 3 aromatic carbocycles. The lowest BCUT2D eigenvalue weighted by atomic mass is 9.61. The number of Topliss-reactive ketones (excluding diaryl/α,β-unsaturated/α-hetero) is 1. The topological polar surface area (TPSA) is 105 Å². The zero-order valence-electron chi connectivity index (χ0n) is 19.6. The van der Waals surface area contributed by atoms with E-state index in [1.165, 1.54) is 14.0 Å². The average Bonchev–Trinajstić information content (AvgIpc) is 2.84. The number of methoxy groups -OCH3 is 1. The summed E-state index contributed by atoms with van der Waals surface area (Å²) in [5.74, 6) is -3.95. The number of aliphatic hydroxyl groups is 1. The highest BCUT2D eigenvalue weighted by Crippen LogP contribution is 2.46. The number of hydrogen-bond acceptors (Lipinski definition) is 5. The minimum Gasteiger partial charge on any atom is -0.497 e. The van der Waals surface area contributed by atoms with Crippen LogP contribution in [0.3, 0.4) is 0 Å². The summed E-state index contributed by atoms with van der Waals surface area (Å²) in [4.78, 5) is 40.3. The van der Waals surface area contributed by atoms with Crippen LogP contribution in [0.15, 0.2) is 84.9 Å². The number of benzene rings is 3. The summed E-state index contributed by atoms with van der Waals surface area (Å²) in [6, 6.07) is 24.6. The maximum Gasteiger partial charge on any atom is 0.235 e. The van der Waals surface area contributed by atoms with Crippen LogP contribution < -0.4 is 15.4 Å². The van der Waals surface area contributed by atoms with Crippen LogP contribution in [-0.2, 0) is 14.4 Å². The Bertz CT molecular complexity index is 1190. The van der Waals surface area contributed by atoms with Crippen LogP contribution in [0.5, 0.6) is 5.75 Å². The normalized spacial score (nSPS) is 23.9. The highest BCUT2D eigenvalue weighted by molar-refractivity contribution is 6.10. The van der Waals surface area contributed by atoms with Gasteiger partial charge in [-0.25, -0.2) is 0 Å². The van der Waals surface area contributed by atoms with Gasteiger partial charge in [-0.1, -0.05) is 48.5 Å². The Kier molecular flexibility index (Phi) is 6.98. The lowest BCUT2D eigenvalue weighted by molar-refractivity contribution is -0.150. The molecule has 7 heteroatoms. The van der Waals surface area contributed by atoms with Crippen LogP contribution in [0.2, 0.25) is 0 Å². The van der Waals surface area contributed by atoms with Crippen molar-refractivity contribution >= 4 is 29.0 Å². The van der Waals surface area contributed by atoms with Gasteiger partial charge in [-0.05, 0) is 48.9 Å². The number of rotatable bonds is 6. The Morgan fingerprint density at radius 3 is 1.89 bits per heavy atom. The van der Waals surface area contributed by atoms with Crippen LogP contribution in [0.1, 0.15) is 24.8 Å². The smallest absolute Gasteiger partial charge is 0.235 e. The molecule has 4 rings (SSSR count). The highest BCUT2D eigenvalue weighted by Gasteiger charge is 2.55. The maximum atomic E-state index is 13.6. The summed E-state index contributed by atoms with van der Waals surface area (Å²) >= 11 is 0. The van der Waals surface area contributed by atoms with Gasteiger partial charge in [0.05, 0.1) is 18.6 Å². The summed E-state index contributed by atoms with van der Waals surface area (Å²) in [6.07, 6.45) is -0.320. The minimum absolute atomic E-state index is 0.320. The van der Waals surface area contributed by atoms with Gasteiger partial charge in [-0.15, -0.1) is 0 Å². The molecule has 0 heterocycles. The Balaban J connectivity index is 1.76. The minimum atomic E-state index is -1.66. The number of ether oxygens (including phenoxy) is 1. The van der Waals surface area contributed by atoms with E-state index in [1.54, 1.807) is 72.8 Å². The highest BCUT2D eigenvalue weighted by atomic mass is 16.5. The maximum absolute atomic E-state index is 13.6. The van der Waals surface area contributed by atoms with Gasteiger partial charge < -0.3 is 20.5 Å². The van der Waals surface area contributed by atoms with Crippen molar-refractivity contribution < 1.29 is 24.2 Å². The summed E-state index contributed by atoms with van der Waals surface area (Å²) in [6.45, 7) is 1.47. The molecule has 0 aliphatic heterocycles. The molecule has 0 radical (unpaired) electrons. The first-order valence-electron chi connectivity index (χ1n) is 11.4. The van der Waals surface area contributed by atoms with E-state index in [0.717, 1.165) is 0 Å². The van der Waals surface area contributed by atoms with Gasteiger partial charge in [0.15, 0.2) is 0 Å². The molecule has 1 fully saturated rings. The van der Waals surface area contributed by atoms with E-state index in [2.05, 4.69) is 10.6 Å². The second kappa shape index (κ2) is 10.1. The second-order valence-corrected chi connectivity index (χ2v) is 8.97. The Morgan fingerprint density at radius 1 is 0.857 bits per heavy atom. The molecule has 0 bridgehead atoms. The second-order valence-electron chi connectivity index (χ2n) is 8.97.